The third-order valence-electron chi connectivity index (χ3n) is 2.12. The summed E-state index contributed by atoms with van der Waals surface area (Å²) < 4.78 is 0. The van der Waals surface area contributed by atoms with Crippen LogP contribution in [0.2, 0.25) is 0 Å². The van der Waals surface area contributed by atoms with Crippen LogP contribution in [-0.4, -0.2) is 60.6 Å². The zero-order chi connectivity index (χ0) is 10.6. The molecule has 3 N–H and O–H groups in total. The van der Waals surface area contributed by atoms with E-state index in [1.165, 1.54) is 0 Å². The topological polar surface area (TPSA) is 61.6 Å². The van der Waals surface area contributed by atoms with E-state index in [-0.39, 0.29) is 6.03 Å². The van der Waals surface area contributed by atoms with Crippen molar-refractivity contribution in [1.82, 2.24) is 15.1 Å². The van der Waals surface area contributed by atoms with E-state index < -0.39 is 0 Å². The summed E-state index contributed by atoms with van der Waals surface area (Å²) in [4.78, 5) is 15.4. The smallest absolute Gasteiger partial charge is 0.317 e. The molecule has 0 radical (unpaired) electrons. The second-order valence-electron chi connectivity index (χ2n) is 3.42. The number of rotatable bonds is 5. The predicted molar refractivity (Wildman–Crippen MR) is 59.3 cm³/mol. The number of nitrogens with two attached hydrogens (primary N) is 1. The van der Waals surface area contributed by atoms with E-state index in [0.29, 0.717) is 11.5 Å². The lowest BCUT2D eigenvalue weighted by molar-refractivity contribution is 0.211. The van der Waals surface area contributed by atoms with Gasteiger partial charge in [-0.2, -0.15) is 0 Å². The van der Waals surface area contributed by atoms with Crippen molar-refractivity contribution in [2.75, 3.05) is 39.8 Å². The molecule has 1 aliphatic heterocycles. The summed E-state index contributed by atoms with van der Waals surface area (Å²) in [6.45, 7) is 3.66. The van der Waals surface area contributed by atoms with Gasteiger partial charge in [-0.3, -0.25) is 4.90 Å². The first-order valence-electron chi connectivity index (χ1n) is 4.59. The van der Waals surface area contributed by atoms with E-state index in [0.717, 1.165) is 26.2 Å². The standard InChI is InChI=1S/C8H16N4OS/c1-11(6-7(9)14)4-5-12-3-2-10-8(12)13/h2-6H2,1H3,(H2,9,14)(H,10,13). The normalized spacial score (nSPS) is 16.1. The molecule has 0 aromatic rings. The fraction of sp³-hybridized carbons (Fsp3) is 0.750. The van der Waals surface area contributed by atoms with E-state index in [9.17, 15) is 4.79 Å². The minimum Gasteiger partial charge on any atom is -0.392 e. The summed E-state index contributed by atoms with van der Waals surface area (Å²) in [7, 11) is 1.94. The molecule has 0 unspecified atom stereocenters. The number of nitrogens with zero attached hydrogens (tertiary/aromatic N) is 2. The second-order valence-corrected chi connectivity index (χ2v) is 3.95. The van der Waals surface area contributed by atoms with Crippen LogP contribution >= 0.6 is 12.2 Å². The van der Waals surface area contributed by atoms with Crippen molar-refractivity contribution >= 4 is 23.2 Å². The van der Waals surface area contributed by atoms with E-state index >= 15 is 0 Å². The molecule has 1 fully saturated rings. The maximum absolute atomic E-state index is 11.2. The molecule has 0 aliphatic carbocycles. The van der Waals surface area contributed by atoms with Crippen LogP contribution in [0.3, 0.4) is 0 Å². The van der Waals surface area contributed by atoms with Crippen molar-refractivity contribution < 1.29 is 4.79 Å². The minimum absolute atomic E-state index is 0.0220. The number of hydrogen-bond acceptors (Lipinski definition) is 3. The fourth-order valence-electron chi connectivity index (χ4n) is 1.36. The number of likely N-dealkylation sites (N-methyl/N-ethyl adjacent to an activating group) is 1. The third-order valence-corrected chi connectivity index (χ3v) is 2.25. The number of carbonyl (C=O) groups excluding carboxylic acids is 1. The highest BCUT2D eigenvalue weighted by Gasteiger charge is 2.18. The molecule has 0 aromatic carbocycles. The number of hydrogen-bond donors (Lipinski definition) is 2. The van der Waals surface area contributed by atoms with Crippen LogP contribution in [-0.2, 0) is 0 Å². The Morgan fingerprint density at radius 3 is 3.00 bits per heavy atom. The van der Waals surface area contributed by atoms with E-state index in [2.05, 4.69) is 5.32 Å². The highest BCUT2D eigenvalue weighted by Crippen LogP contribution is 1.96. The number of thiocarbonyl (C=S) groups is 1. The van der Waals surface area contributed by atoms with Crippen molar-refractivity contribution in [3.8, 4) is 0 Å². The zero-order valence-electron chi connectivity index (χ0n) is 8.32. The highest BCUT2D eigenvalue weighted by molar-refractivity contribution is 7.80. The lowest BCUT2D eigenvalue weighted by atomic mass is 10.4. The van der Waals surface area contributed by atoms with Gasteiger partial charge in [0.1, 0.15) is 0 Å². The Morgan fingerprint density at radius 2 is 2.50 bits per heavy atom. The number of carbonyl (C=O) groups is 1. The number of urea groups is 1. The van der Waals surface area contributed by atoms with Gasteiger partial charge in [0.2, 0.25) is 0 Å². The number of nitrogens with one attached hydrogen (secondary N) is 1. The lowest BCUT2D eigenvalue weighted by Crippen LogP contribution is -2.38. The van der Waals surface area contributed by atoms with Crippen molar-refractivity contribution in [2.24, 2.45) is 5.73 Å². The Kier molecular flexibility index (Phi) is 4.09. The van der Waals surface area contributed by atoms with Gasteiger partial charge in [-0.05, 0) is 7.05 Å². The molecule has 0 atom stereocenters. The molecule has 1 saturated heterocycles. The summed E-state index contributed by atoms with van der Waals surface area (Å²) >= 11 is 4.79. The van der Waals surface area contributed by atoms with Crippen molar-refractivity contribution in [3.05, 3.63) is 0 Å². The molecule has 0 spiro atoms. The molecule has 1 heterocycles. The molecule has 2 amide bonds. The average Bonchev–Trinajstić information content (AvgIpc) is 2.46. The van der Waals surface area contributed by atoms with Gasteiger partial charge in [0.25, 0.3) is 0 Å². The van der Waals surface area contributed by atoms with Crippen LogP contribution in [0.4, 0.5) is 4.79 Å². The minimum atomic E-state index is 0.0220. The van der Waals surface area contributed by atoms with Crippen LogP contribution in [0.5, 0.6) is 0 Å². The second kappa shape index (κ2) is 5.11. The Balaban J connectivity index is 2.19. The average molecular weight is 216 g/mol. The summed E-state index contributed by atoms with van der Waals surface area (Å²) in [6.07, 6.45) is 0. The SMILES string of the molecule is CN(CCN1CCNC1=O)CC(N)=S. The maximum Gasteiger partial charge on any atom is 0.317 e. The first-order valence-corrected chi connectivity index (χ1v) is 5.00. The summed E-state index contributed by atoms with van der Waals surface area (Å²) in [5.41, 5.74) is 5.40. The van der Waals surface area contributed by atoms with Crippen molar-refractivity contribution in [1.29, 1.82) is 0 Å². The van der Waals surface area contributed by atoms with Gasteiger partial charge in [-0.1, -0.05) is 12.2 Å². The van der Waals surface area contributed by atoms with Crippen LogP contribution in [0.1, 0.15) is 0 Å². The van der Waals surface area contributed by atoms with E-state index in [1.807, 2.05) is 11.9 Å². The Hall–Kier alpha value is -0.880. The quantitative estimate of drug-likeness (QED) is 0.592. The highest BCUT2D eigenvalue weighted by atomic mass is 32.1. The molecular formula is C8H16N4OS. The summed E-state index contributed by atoms with van der Waals surface area (Å²) in [5, 5.41) is 2.75. The molecule has 0 aromatic heterocycles. The molecule has 1 rings (SSSR count). The zero-order valence-corrected chi connectivity index (χ0v) is 9.14. The first-order chi connectivity index (χ1) is 6.59. The van der Waals surface area contributed by atoms with Gasteiger partial charge >= 0.3 is 6.03 Å². The largest absolute Gasteiger partial charge is 0.392 e. The van der Waals surface area contributed by atoms with Crippen molar-refractivity contribution in [3.63, 3.8) is 0 Å². The molecule has 6 heteroatoms. The Morgan fingerprint density at radius 1 is 1.79 bits per heavy atom. The summed E-state index contributed by atoms with van der Waals surface area (Å²) in [5.74, 6) is 0. The van der Waals surface area contributed by atoms with Crippen LogP contribution < -0.4 is 11.1 Å². The van der Waals surface area contributed by atoms with Gasteiger partial charge in [0.15, 0.2) is 0 Å². The molecular weight excluding hydrogens is 200 g/mol. The molecule has 5 nitrogen and oxygen atoms in total. The fourth-order valence-corrected chi connectivity index (χ4v) is 1.58. The first kappa shape index (κ1) is 11.2. The molecule has 0 saturated carbocycles. The predicted octanol–water partition coefficient (Wildman–Crippen LogP) is -0.770. The summed E-state index contributed by atoms with van der Waals surface area (Å²) in [6, 6.07) is 0.0220. The van der Waals surface area contributed by atoms with Gasteiger partial charge in [0, 0.05) is 32.7 Å². The van der Waals surface area contributed by atoms with Gasteiger partial charge in [-0.25, -0.2) is 4.79 Å². The molecule has 1 aliphatic rings. The van der Waals surface area contributed by atoms with Crippen LogP contribution in [0.25, 0.3) is 0 Å². The van der Waals surface area contributed by atoms with Crippen LogP contribution in [0.15, 0.2) is 0 Å². The maximum atomic E-state index is 11.2. The lowest BCUT2D eigenvalue weighted by Gasteiger charge is -2.20. The molecule has 0 bridgehead atoms. The molecule has 14 heavy (non-hydrogen) atoms. The van der Waals surface area contributed by atoms with E-state index in [4.69, 9.17) is 18.0 Å². The van der Waals surface area contributed by atoms with Gasteiger partial charge in [-0.15, -0.1) is 0 Å². The Labute approximate surface area is 89.2 Å². The molecule has 80 valence electrons. The van der Waals surface area contributed by atoms with E-state index in [1.54, 1.807) is 4.90 Å². The van der Waals surface area contributed by atoms with Crippen molar-refractivity contribution in [2.45, 2.75) is 0 Å². The van der Waals surface area contributed by atoms with Gasteiger partial charge in [0.05, 0.1) is 4.99 Å². The van der Waals surface area contributed by atoms with Crippen LogP contribution in [0, 0.1) is 0 Å². The monoisotopic (exact) mass is 216 g/mol. The third kappa shape index (κ3) is 3.47. The van der Waals surface area contributed by atoms with Gasteiger partial charge < -0.3 is 16.0 Å². The Bertz CT molecular complexity index is 233. The number of amides is 2.